The van der Waals surface area contributed by atoms with Crippen LogP contribution in [0.4, 0.5) is 0 Å². The van der Waals surface area contributed by atoms with Crippen molar-refractivity contribution in [3.8, 4) is 0 Å². The summed E-state index contributed by atoms with van der Waals surface area (Å²) in [6.07, 6.45) is 5.43. The van der Waals surface area contributed by atoms with Gasteiger partial charge in [0, 0.05) is 38.4 Å². The largest absolute Gasteiger partial charge is 0.472 e. The first-order valence-corrected chi connectivity index (χ1v) is 5.29. The van der Waals surface area contributed by atoms with Crippen molar-refractivity contribution in [2.24, 2.45) is 5.73 Å². The molecule has 0 bridgehead atoms. The summed E-state index contributed by atoms with van der Waals surface area (Å²) in [5.41, 5.74) is 7.06. The minimum atomic E-state index is 0.201. The molecule has 0 aromatic carbocycles. The van der Waals surface area contributed by atoms with E-state index in [1.54, 1.807) is 19.6 Å². The quantitative estimate of drug-likeness (QED) is 0.634. The zero-order chi connectivity index (χ0) is 10.9. The van der Waals surface area contributed by atoms with Gasteiger partial charge in [-0.2, -0.15) is 0 Å². The van der Waals surface area contributed by atoms with Crippen molar-refractivity contribution in [1.29, 1.82) is 0 Å². The first-order valence-electron chi connectivity index (χ1n) is 5.29. The molecule has 0 radical (unpaired) electrons. The van der Waals surface area contributed by atoms with Crippen LogP contribution in [-0.2, 0) is 11.3 Å². The summed E-state index contributed by atoms with van der Waals surface area (Å²) in [5, 5.41) is 3.29. The fourth-order valence-corrected chi connectivity index (χ4v) is 1.39. The van der Waals surface area contributed by atoms with Crippen molar-refractivity contribution in [2.75, 3.05) is 20.3 Å². The predicted molar refractivity (Wildman–Crippen MR) is 59.5 cm³/mol. The number of nitrogens with one attached hydrogen (secondary N) is 1. The number of rotatable bonds is 8. The van der Waals surface area contributed by atoms with Gasteiger partial charge >= 0.3 is 0 Å². The summed E-state index contributed by atoms with van der Waals surface area (Å²) in [7, 11) is 1.71. The van der Waals surface area contributed by atoms with Crippen LogP contribution in [0, 0.1) is 0 Å². The maximum Gasteiger partial charge on any atom is 0.0947 e. The van der Waals surface area contributed by atoms with E-state index in [-0.39, 0.29) is 6.04 Å². The van der Waals surface area contributed by atoms with Gasteiger partial charge in [-0.15, -0.1) is 0 Å². The molecule has 15 heavy (non-hydrogen) atoms. The molecule has 4 nitrogen and oxygen atoms in total. The first-order chi connectivity index (χ1) is 7.33. The number of furan rings is 1. The number of hydrogen-bond acceptors (Lipinski definition) is 4. The van der Waals surface area contributed by atoms with Gasteiger partial charge < -0.3 is 20.2 Å². The molecule has 3 N–H and O–H groups in total. The monoisotopic (exact) mass is 212 g/mol. The van der Waals surface area contributed by atoms with Gasteiger partial charge in [0.05, 0.1) is 12.5 Å². The predicted octanol–water partition coefficient (Wildman–Crippen LogP) is 1.12. The highest BCUT2D eigenvalue weighted by molar-refractivity contribution is 5.04. The SMILES string of the molecule is COCCCC(N)CNCc1ccoc1. The highest BCUT2D eigenvalue weighted by Crippen LogP contribution is 1.99. The molecule has 0 saturated heterocycles. The lowest BCUT2D eigenvalue weighted by Gasteiger charge is -2.11. The molecule has 1 atom stereocenters. The van der Waals surface area contributed by atoms with E-state index in [9.17, 15) is 0 Å². The maximum atomic E-state index is 5.91. The Bertz CT molecular complexity index is 237. The Kier molecular flexibility index (Phi) is 6.08. The Morgan fingerprint density at radius 3 is 3.13 bits per heavy atom. The highest BCUT2D eigenvalue weighted by Gasteiger charge is 2.01. The minimum absolute atomic E-state index is 0.201. The molecule has 0 spiro atoms. The van der Waals surface area contributed by atoms with Gasteiger partial charge in [-0.1, -0.05) is 0 Å². The molecule has 0 aliphatic carbocycles. The molecule has 1 rings (SSSR count). The van der Waals surface area contributed by atoms with Crippen molar-refractivity contribution in [1.82, 2.24) is 5.32 Å². The standard InChI is InChI=1S/C11H20N2O2/c1-14-5-2-3-11(12)8-13-7-10-4-6-15-9-10/h4,6,9,11,13H,2-3,5,7-8,12H2,1H3. The van der Waals surface area contributed by atoms with Gasteiger partial charge in [0.2, 0.25) is 0 Å². The summed E-state index contributed by atoms with van der Waals surface area (Å²) < 4.78 is 9.93. The van der Waals surface area contributed by atoms with Crippen LogP contribution >= 0.6 is 0 Å². The van der Waals surface area contributed by atoms with Crippen LogP contribution in [0.5, 0.6) is 0 Å². The van der Waals surface area contributed by atoms with Crippen LogP contribution in [0.2, 0.25) is 0 Å². The van der Waals surface area contributed by atoms with Gasteiger partial charge in [0.15, 0.2) is 0 Å². The lowest BCUT2D eigenvalue weighted by Crippen LogP contribution is -2.33. The van der Waals surface area contributed by atoms with E-state index < -0.39 is 0 Å². The molecule has 86 valence electrons. The molecular formula is C11H20N2O2. The normalized spacial score (nSPS) is 12.9. The highest BCUT2D eigenvalue weighted by atomic mass is 16.5. The Balaban J connectivity index is 1.99. The van der Waals surface area contributed by atoms with E-state index in [4.69, 9.17) is 14.9 Å². The average molecular weight is 212 g/mol. The molecule has 0 aliphatic rings. The summed E-state index contributed by atoms with van der Waals surface area (Å²) in [5.74, 6) is 0. The topological polar surface area (TPSA) is 60.4 Å². The smallest absolute Gasteiger partial charge is 0.0947 e. The number of nitrogens with two attached hydrogens (primary N) is 1. The molecule has 1 unspecified atom stereocenters. The zero-order valence-electron chi connectivity index (χ0n) is 9.24. The zero-order valence-corrected chi connectivity index (χ0v) is 9.24. The van der Waals surface area contributed by atoms with E-state index >= 15 is 0 Å². The lowest BCUT2D eigenvalue weighted by atomic mass is 10.2. The van der Waals surface area contributed by atoms with Crippen LogP contribution in [0.3, 0.4) is 0 Å². The minimum Gasteiger partial charge on any atom is -0.472 e. The third-order valence-electron chi connectivity index (χ3n) is 2.24. The third kappa shape index (κ3) is 5.57. The van der Waals surface area contributed by atoms with E-state index in [0.29, 0.717) is 0 Å². The lowest BCUT2D eigenvalue weighted by molar-refractivity contribution is 0.190. The van der Waals surface area contributed by atoms with Crippen molar-refractivity contribution in [2.45, 2.75) is 25.4 Å². The molecule has 4 heteroatoms. The molecule has 0 amide bonds. The second-order valence-corrected chi connectivity index (χ2v) is 3.66. The second-order valence-electron chi connectivity index (χ2n) is 3.66. The molecule has 1 heterocycles. The molecule has 0 saturated carbocycles. The van der Waals surface area contributed by atoms with E-state index in [2.05, 4.69) is 5.32 Å². The Hall–Kier alpha value is -0.840. The van der Waals surface area contributed by atoms with Gasteiger partial charge in [-0.25, -0.2) is 0 Å². The average Bonchev–Trinajstić information content (AvgIpc) is 2.71. The number of ether oxygens (including phenoxy) is 1. The summed E-state index contributed by atoms with van der Waals surface area (Å²) in [6, 6.07) is 2.15. The van der Waals surface area contributed by atoms with Gasteiger partial charge in [0.1, 0.15) is 0 Å². The number of hydrogen-bond donors (Lipinski definition) is 2. The van der Waals surface area contributed by atoms with Crippen molar-refractivity contribution >= 4 is 0 Å². The molecular weight excluding hydrogens is 192 g/mol. The molecule has 0 aliphatic heterocycles. The Morgan fingerprint density at radius 2 is 2.47 bits per heavy atom. The van der Waals surface area contributed by atoms with E-state index in [1.165, 1.54) is 0 Å². The molecule has 1 aromatic rings. The van der Waals surface area contributed by atoms with Gasteiger partial charge in [0.25, 0.3) is 0 Å². The summed E-state index contributed by atoms with van der Waals surface area (Å²) in [6.45, 7) is 2.43. The van der Waals surface area contributed by atoms with Crippen molar-refractivity contribution in [3.05, 3.63) is 24.2 Å². The van der Waals surface area contributed by atoms with Crippen LogP contribution < -0.4 is 11.1 Å². The van der Waals surface area contributed by atoms with Crippen LogP contribution in [0.1, 0.15) is 18.4 Å². The molecule has 0 fully saturated rings. The second kappa shape index (κ2) is 7.45. The Morgan fingerprint density at radius 1 is 1.60 bits per heavy atom. The van der Waals surface area contributed by atoms with Crippen molar-refractivity contribution < 1.29 is 9.15 Å². The van der Waals surface area contributed by atoms with Crippen LogP contribution in [-0.4, -0.2) is 26.3 Å². The van der Waals surface area contributed by atoms with Gasteiger partial charge in [-0.3, -0.25) is 0 Å². The van der Waals surface area contributed by atoms with E-state index in [1.807, 2.05) is 6.07 Å². The number of methoxy groups -OCH3 is 1. The fraction of sp³-hybridized carbons (Fsp3) is 0.636. The fourth-order valence-electron chi connectivity index (χ4n) is 1.39. The maximum absolute atomic E-state index is 5.91. The first kappa shape index (κ1) is 12.2. The van der Waals surface area contributed by atoms with Crippen molar-refractivity contribution in [3.63, 3.8) is 0 Å². The van der Waals surface area contributed by atoms with Crippen LogP contribution in [0.25, 0.3) is 0 Å². The van der Waals surface area contributed by atoms with E-state index in [0.717, 1.165) is 38.1 Å². The summed E-state index contributed by atoms with van der Waals surface area (Å²) in [4.78, 5) is 0. The van der Waals surface area contributed by atoms with Gasteiger partial charge in [-0.05, 0) is 18.9 Å². The Labute approximate surface area is 90.8 Å². The summed E-state index contributed by atoms with van der Waals surface area (Å²) >= 11 is 0. The third-order valence-corrected chi connectivity index (χ3v) is 2.24. The molecule has 1 aromatic heterocycles. The van der Waals surface area contributed by atoms with Crippen LogP contribution in [0.15, 0.2) is 23.0 Å².